The largest absolute Gasteiger partial charge is 0.350 e. The Bertz CT molecular complexity index is 1020. The van der Waals surface area contributed by atoms with Crippen molar-refractivity contribution in [2.45, 2.75) is 25.3 Å². The zero-order valence-corrected chi connectivity index (χ0v) is 15.2. The van der Waals surface area contributed by atoms with Gasteiger partial charge in [-0.05, 0) is 31.4 Å². The molecule has 0 saturated carbocycles. The molecule has 1 atom stereocenters. The summed E-state index contributed by atoms with van der Waals surface area (Å²) in [5.74, 6) is 0.577. The number of para-hydroxylation sites is 1. The lowest BCUT2D eigenvalue weighted by Gasteiger charge is -2.36. The lowest BCUT2D eigenvalue weighted by atomic mass is 10.0. The van der Waals surface area contributed by atoms with Crippen molar-refractivity contribution in [3.63, 3.8) is 0 Å². The van der Waals surface area contributed by atoms with Crippen LogP contribution in [0.5, 0.6) is 0 Å². The van der Waals surface area contributed by atoms with Gasteiger partial charge in [-0.25, -0.2) is 4.68 Å². The average molecular weight is 366 g/mol. The number of nitrogens with one attached hydrogen (secondary N) is 2. The Kier molecular flexibility index (Phi) is 4.62. The molecule has 1 aliphatic rings. The summed E-state index contributed by atoms with van der Waals surface area (Å²) < 4.78 is 1.34. The van der Waals surface area contributed by atoms with Gasteiger partial charge in [0.25, 0.3) is 11.5 Å². The molecule has 0 aliphatic carbocycles. The number of H-pyrrole nitrogens is 1. The molecule has 1 unspecified atom stereocenters. The molecular weight excluding hydrogens is 344 g/mol. The number of nitrogens with zero attached hydrogens (tertiary/aromatic N) is 4. The van der Waals surface area contributed by atoms with E-state index in [1.165, 1.54) is 10.7 Å². The van der Waals surface area contributed by atoms with Crippen molar-refractivity contribution in [2.75, 3.05) is 18.0 Å². The predicted molar refractivity (Wildman–Crippen MR) is 103 cm³/mol. The molecule has 1 aromatic carbocycles. The Morgan fingerprint density at radius 1 is 1.26 bits per heavy atom. The fourth-order valence-electron chi connectivity index (χ4n) is 3.59. The van der Waals surface area contributed by atoms with Gasteiger partial charge in [-0.3, -0.25) is 14.7 Å². The number of anilines is 1. The van der Waals surface area contributed by atoms with Gasteiger partial charge in [0.1, 0.15) is 5.82 Å². The van der Waals surface area contributed by atoms with Crippen molar-refractivity contribution in [3.8, 4) is 0 Å². The second kappa shape index (κ2) is 7.22. The maximum atomic E-state index is 12.6. The molecule has 140 valence electrons. The summed E-state index contributed by atoms with van der Waals surface area (Å²) in [4.78, 5) is 26.4. The first-order chi connectivity index (χ1) is 13.1. The number of fused-ring (bicyclic) bond motifs is 1. The van der Waals surface area contributed by atoms with Crippen molar-refractivity contribution in [1.29, 1.82) is 0 Å². The van der Waals surface area contributed by atoms with Gasteiger partial charge >= 0.3 is 0 Å². The Hall–Kier alpha value is -3.16. The zero-order valence-electron chi connectivity index (χ0n) is 15.2. The molecule has 8 nitrogen and oxygen atoms in total. The minimum atomic E-state index is -0.189. The third-order valence-corrected chi connectivity index (χ3v) is 5.05. The van der Waals surface area contributed by atoms with Crippen LogP contribution >= 0.6 is 0 Å². The fraction of sp³-hybridized carbons (Fsp3) is 0.368. The summed E-state index contributed by atoms with van der Waals surface area (Å²) in [7, 11) is 1.65. The first-order valence-electron chi connectivity index (χ1n) is 9.16. The standard InChI is InChI=1S/C19H22N6O2/c1-24-17(26)10-9-16(23-24)25-11-5-4-6-13(25)12-20-19(27)18-14-7-2-3-8-15(14)21-22-18/h2-3,7-10,13H,4-6,11-12H2,1H3,(H,20,27)(H,21,22). The molecule has 1 amide bonds. The minimum absolute atomic E-state index is 0.133. The summed E-state index contributed by atoms with van der Waals surface area (Å²) >= 11 is 0. The second-order valence-corrected chi connectivity index (χ2v) is 6.82. The van der Waals surface area contributed by atoms with E-state index in [-0.39, 0.29) is 17.5 Å². The van der Waals surface area contributed by atoms with Crippen molar-refractivity contribution in [3.05, 3.63) is 52.4 Å². The molecule has 0 bridgehead atoms. The van der Waals surface area contributed by atoms with E-state index in [4.69, 9.17) is 0 Å². The molecule has 3 heterocycles. The van der Waals surface area contributed by atoms with Crippen LogP contribution in [0.3, 0.4) is 0 Å². The van der Waals surface area contributed by atoms with Crippen LogP contribution in [0.25, 0.3) is 10.9 Å². The van der Waals surface area contributed by atoms with E-state index in [9.17, 15) is 9.59 Å². The maximum Gasteiger partial charge on any atom is 0.272 e. The number of aryl methyl sites for hydroxylation is 1. The Balaban J connectivity index is 1.49. The Morgan fingerprint density at radius 2 is 2.11 bits per heavy atom. The van der Waals surface area contributed by atoms with E-state index in [1.807, 2.05) is 24.3 Å². The third-order valence-electron chi connectivity index (χ3n) is 5.05. The number of aromatic amines is 1. The third kappa shape index (κ3) is 3.42. The van der Waals surface area contributed by atoms with Crippen LogP contribution < -0.4 is 15.8 Å². The van der Waals surface area contributed by atoms with Gasteiger partial charge in [-0.1, -0.05) is 18.2 Å². The molecule has 4 rings (SSSR count). The first kappa shape index (κ1) is 17.3. The van der Waals surface area contributed by atoms with E-state index in [0.29, 0.717) is 12.2 Å². The number of hydrogen-bond acceptors (Lipinski definition) is 5. The van der Waals surface area contributed by atoms with Crippen LogP contribution in [0.4, 0.5) is 5.82 Å². The molecule has 1 aliphatic heterocycles. The van der Waals surface area contributed by atoms with Gasteiger partial charge in [0.15, 0.2) is 5.69 Å². The normalized spacial score (nSPS) is 17.2. The molecule has 0 spiro atoms. The van der Waals surface area contributed by atoms with E-state index in [1.54, 1.807) is 13.1 Å². The monoisotopic (exact) mass is 366 g/mol. The number of amides is 1. The highest BCUT2D eigenvalue weighted by Crippen LogP contribution is 2.22. The topological polar surface area (TPSA) is 95.9 Å². The zero-order chi connectivity index (χ0) is 18.8. The predicted octanol–water partition coefficient (Wildman–Crippen LogP) is 1.45. The van der Waals surface area contributed by atoms with Gasteiger partial charge < -0.3 is 10.2 Å². The molecule has 0 radical (unpaired) electrons. The van der Waals surface area contributed by atoms with Gasteiger partial charge in [-0.2, -0.15) is 10.2 Å². The number of hydrogen-bond donors (Lipinski definition) is 2. The summed E-state index contributed by atoms with van der Waals surface area (Å²) in [6.45, 7) is 1.36. The van der Waals surface area contributed by atoms with E-state index in [2.05, 4.69) is 25.5 Å². The Labute approximate surface area is 156 Å². The van der Waals surface area contributed by atoms with Crippen LogP contribution in [0.2, 0.25) is 0 Å². The molecule has 2 aromatic heterocycles. The van der Waals surface area contributed by atoms with Crippen LogP contribution in [0.15, 0.2) is 41.2 Å². The fourth-order valence-corrected chi connectivity index (χ4v) is 3.59. The summed E-state index contributed by atoms with van der Waals surface area (Å²) in [5, 5.41) is 15.2. The van der Waals surface area contributed by atoms with E-state index >= 15 is 0 Å². The van der Waals surface area contributed by atoms with Crippen LogP contribution in [0.1, 0.15) is 29.8 Å². The quantitative estimate of drug-likeness (QED) is 0.729. The number of piperidine rings is 1. The van der Waals surface area contributed by atoms with Gasteiger partial charge in [0.2, 0.25) is 0 Å². The molecule has 8 heteroatoms. The van der Waals surface area contributed by atoms with E-state index < -0.39 is 0 Å². The summed E-state index contributed by atoms with van der Waals surface area (Å²) in [5.41, 5.74) is 1.12. The first-order valence-corrected chi connectivity index (χ1v) is 9.16. The molecule has 1 saturated heterocycles. The minimum Gasteiger partial charge on any atom is -0.350 e. The Morgan fingerprint density at radius 3 is 2.96 bits per heavy atom. The highest BCUT2D eigenvalue weighted by atomic mass is 16.2. The molecule has 1 fully saturated rings. The van der Waals surface area contributed by atoms with Crippen molar-refractivity contribution in [1.82, 2.24) is 25.3 Å². The second-order valence-electron chi connectivity index (χ2n) is 6.82. The van der Waals surface area contributed by atoms with Crippen molar-refractivity contribution in [2.24, 2.45) is 7.05 Å². The van der Waals surface area contributed by atoms with Crippen LogP contribution in [-0.2, 0) is 7.05 Å². The molecule has 3 aromatic rings. The number of carbonyl (C=O) groups is 1. The van der Waals surface area contributed by atoms with Crippen LogP contribution in [-0.4, -0.2) is 45.0 Å². The van der Waals surface area contributed by atoms with Crippen LogP contribution in [0, 0.1) is 0 Å². The van der Waals surface area contributed by atoms with Gasteiger partial charge in [0, 0.05) is 37.6 Å². The number of aromatic nitrogens is 4. The smallest absolute Gasteiger partial charge is 0.272 e. The number of carbonyl (C=O) groups excluding carboxylic acids is 1. The SMILES string of the molecule is Cn1nc(N2CCCCC2CNC(=O)c2n[nH]c3ccccc23)ccc1=O. The van der Waals surface area contributed by atoms with Crippen molar-refractivity contribution < 1.29 is 4.79 Å². The van der Waals surface area contributed by atoms with E-state index in [0.717, 1.165) is 42.5 Å². The molecule has 27 heavy (non-hydrogen) atoms. The average Bonchev–Trinajstić information content (AvgIpc) is 3.13. The summed E-state index contributed by atoms with van der Waals surface area (Å²) in [6, 6.07) is 11.0. The molecular formula is C19H22N6O2. The highest BCUT2D eigenvalue weighted by Gasteiger charge is 2.25. The number of benzene rings is 1. The number of rotatable bonds is 4. The summed E-state index contributed by atoms with van der Waals surface area (Å²) in [6.07, 6.45) is 3.14. The van der Waals surface area contributed by atoms with Gasteiger partial charge in [-0.15, -0.1) is 0 Å². The lowest BCUT2D eigenvalue weighted by molar-refractivity contribution is 0.0946. The maximum absolute atomic E-state index is 12.6. The lowest BCUT2D eigenvalue weighted by Crippen LogP contribution is -2.47. The van der Waals surface area contributed by atoms with Crippen molar-refractivity contribution >= 4 is 22.6 Å². The molecule has 2 N–H and O–H groups in total. The highest BCUT2D eigenvalue weighted by molar-refractivity contribution is 6.04. The van der Waals surface area contributed by atoms with Gasteiger partial charge in [0.05, 0.1) is 5.52 Å².